The lowest BCUT2D eigenvalue weighted by Gasteiger charge is -2.16. The standard InChI is InChI=1S/C24H27N7O/c1-3-7-18(21-13-20(31-32-21)16-8-5-4-6-9-16)26-24-25-15(2)12-22(28-24)27-23-14-19(29-30-23)17-10-11-17/h4-6,8-9,12-14,17-18H,3,7,10-11H2,1-2H3,(H3,25,26,27,28,29,30). The van der Waals surface area contributed by atoms with E-state index in [0.29, 0.717) is 17.7 Å². The number of nitrogens with zero attached hydrogens (tertiary/aromatic N) is 4. The summed E-state index contributed by atoms with van der Waals surface area (Å²) in [5, 5.41) is 18.5. The van der Waals surface area contributed by atoms with Crippen molar-refractivity contribution in [1.29, 1.82) is 0 Å². The summed E-state index contributed by atoms with van der Waals surface area (Å²) < 4.78 is 5.70. The topological polar surface area (TPSA) is 105 Å². The van der Waals surface area contributed by atoms with Gasteiger partial charge in [-0.25, -0.2) is 4.98 Å². The van der Waals surface area contributed by atoms with E-state index >= 15 is 0 Å². The van der Waals surface area contributed by atoms with E-state index in [2.05, 4.69) is 48.9 Å². The van der Waals surface area contributed by atoms with E-state index < -0.39 is 0 Å². The van der Waals surface area contributed by atoms with Gasteiger partial charge in [-0.05, 0) is 26.2 Å². The van der Waals surface area contributed by atoms with Gasteiger partial charge in [-0.15, -0.1) is 0 Å². The van der Waals surface area contributed by atoms with Crippen molar-refractivity contribution in [2.45, 2.75) is 51.5 Å². The average Bonchev–Trinajstić information content (AvgIpc) is 3.33. The van der Waals surface area contributed by atoms with Crippen LogP contribution in [0.3, 0.4) is 0 Å². The summed E-state index contributed by atoms with van der Waals surface area (Å²) in [6.07, 6.45) is 4.31. The van der Waals surface area contributed by atoms with Crippen molar-refractivity contribution in [2.24, 2.45) is 0 Å². The highest BCUT2D eigenvalue weighted by molar-refractivity contribution is 5.59. The van der Waals surface area contributed by atoms with Gasteiger partial charge in [0.25, 0.3) is 0 Å². The molecule has 8 heteroatoms. The maximum atomic E-state index is 5.70. The highest BCUT2D eigenvalue weighted by Crippen LogP contribution is 2.39. The Morgan fingerprint density at radius 2 is 1.94 bits per heavy atom. The molecule has 3 aromatic heterocycles. The molecule has 0 amide bonds. The van der Waals surface area contributed by atoms with Gasteiger partial charge in [-0.3, -0.25) is 5.10 Å². The van der Waals surface area contributed by atoms with E-state index in [-0.39, 0.29) is 6.04 Å². The fraction of sp³-hybridized carbons (Fsp3) is 0.333. The molecule has 8 nitrogen and oxygen atoms in total. The zero-order valence-corrected chi connectivity index (χ0v) is 18.3. The van der Waals surface area contributed by atoms with Crippen LogP contribution in [0, 0.1) is 6.92 Å². The molecule has 0 spiro atoms. The molecule has 1 aromatic carbocycles. The quantitative estimate of drug-likeness (QED) is 0.312. The van der Waals surface area contributed by atoms with Gasteiger partial charge in [-0.2, -0.15) is 10.1 Å². The van der Waals surface area contributed by atoms with Gasteiger partial charge in [0.1, 0.15) is 11.5 Å². The normalized spacial score (nSPS) is 14.3. The van der Waals surface area contributed by atoms with Crippen LogP contribution in [0.1, 0.15) is 61.7 Å². The molecular formula is C24H27N7O. The molecule has 32 heavy (non-hydrogen) atoms. The highest BCUT2D eigenvalue weighted by Gasteiger charge is 2.25. The van der Waals surface area contributed by atoms with Gasteiger partial charge in [0.2, 0.25) is 5.95 Å². The van der Waals surface area contributed by atoms with E-state index in [1.807, 2.05) is 49.4 Å². The fourth-order valence-corrected chi connectivity index (χ4v) is 3.76. The molecule has 0 aliphatic heterocycles. The summed E-state index contributed by atoms with van der Waals surface area (Å²) in [7, 11) is 0. The van der Waals surface area contributed by atoms with Gasteiger partial charge in [0.15, 0.2) is 11.6 Å². The third-order valence-electron chi connectivity index (χ3n) is 5.55. The lowest BCUT2D eigenvalue weighted by atomic mass is 10.1. The van der Waals surface area contributed by atoms with Crippen LogP contribution in [0.4, 0.5) is 17.6 Å². The van der Waals surface area contributed by atoms with Crippen LogP contribution in [0.25, 0.3) is 11.3 Å². The fourth-order valence-electron chi connectivity index (χ4n) is 3.76. The summed E-state index contributed by atoms with van der Waals surface area (Å²) in [4.78, 5) is 9.24. The second kappa shape index (κ2) is 8.82. The van der Waals surface area contributed by atoms with Crippen LogP contribution in [0.5, 0.6) is 0 Å². The van der Waals surface area contributed by atoms with Gasteiger partial charge in [0, 0.05) is 41.1 Å². The molecule has 0 saturated heterocycles. The minimum atomic E-state index is -0.0773. The van der Waals surface area contributed by atoms with E-state index in [1.54, 1.807) is 0 Å². The summed E-state index contributed by atoms with van der Waals surface area (Å²) >= 11 is 0. The first-order valence-corrected chi connectivity index (χ1v) is 11.1. The molecular weight excluding hydrogens is 402 g/mol. The molecule has 5 rings (SSSR count). The Balaban J connectivity index is 1.34. The van der Waals surface area contributed by atoms with Crippen molar-refractivity contribution in [1.82, 2.24) is 25.3 Å². The first kappa shape index (κ1) is 20.2. The van der Waals surface area contributed by atoms with E-state index in [9.17, 15) is 0 Å². The van der Waals surface area contributed by atoms with E-state index in [0.717, 1.165) is 41.4 Å². The highest BCUT2D eigenvalue weighted by atomic mass is 16.5. The lowest BCUT2D eigenvalue weighted by Crippen LogP contribution is -2.13. The number of aryl methyl sites for hydroxylation is 1. The second-order valence-electron chi connectivity index (χ2n) is 8.29. The second-order valence-corrected chi connectivity index (χ2v) is 8.29. The largest absolute Gasteiger partial charge is 0.359 e. The number of H-pyrrole nitrogens is 1. The first-order chi connectivity index (χ1) is 15.7. The van der Waals surface area contributed by atoms with Crippen molar-refractivity contribution in [3.63, 3.8) is 0 Å². The smallest absolute Gasteiger partial charge is 0.225 e. The molecule has 1 aliphatic carbocycles. The van der Waals surface area contributed by atoms with Crippen LogP contribution >= 0.6 is 0 Å². The maximum Gasteiger partial charge on any atom is 0.225 e. The number of rotatable bonds is 9. The SMILES string of the molecule is CCCC(Nc1nc(C)cc(Nc2cc(C3CC3)[nH]n2)n1)c1cc(-c2ccccc2)no1. The Kier molecular flexibility index (Phi) is 5.58. The van der Waals surface area contributed by atoms with Crippen molar-refractivity contribution >= 4 is 17.6 Å². The summed E-state index contributed by atoms with van der Waals surface area (Å²) in [5.41, 5.74) is 3.89. The molecule has 1 aliphatic rings. The van der Waals surface area contributed by atoms with Crippen LogP contribution in [-0.2, 0) is 0 Å². The van der Waals surface area contributed by atoms with Gasteiger partial charge < -0.3 is 15.2 Å². The molecule has 1 unspecified atom stereocenters. The van der Waals surface area contributed by atoms with E-state index in [4.69, 9.17) is 4.52 Å². The first-order valence-electron chi connectivity index (χ1n) is 11.1. The maximum absolute atomic E-state index is 5.70. The Morgan fingerprint density at radius 3 is 2.72 bits per heavy atom. The predicted octanol–water partition coefficient (Wildman–Crippen LogP) is 5.74. The zero-order chi connectivity index (χ0) is 21.9. The molecule has 1 saturated carbocycles. The number of hydrogen-bond acceptors (Lipinski definition) is 7. The zero-order valence-electron chi connectivity index (χ0n) is 18.3. The summed E-state index contributed by atoms with van der Waals surface area (Å²) in [6.45, 7) is 4.09. The molecule has 0 radical (unpaired) electrons. The molecule has 3 N–H and O–H groups in total. The Labute approximate surface area is 186 Å². The Morgan fingerprint density at radius 1 is 1.09 bits per heavy atom. The van der Waals surface area contributed by atoms with Crippen LogP contribution in [0.15, 0.2) is 53.1 Å². The lowest BCUT2D eigenvalue weighted by molar-refractivity contribution is 0.363. The third kappa shape index (κ3) is 4.64. The van der Waals surface area contributed by atoms with Crippen molar-refractivity contribution in [3.8, 4) is 11.3 Å². The minimum Gasteiger partial charge on any atom is -0.359 e. The third-order valence-corrected chi connectivity index (χ3v) is 5.55. The number of anilines is 3. The summed E-state index contributed by atoms with van der Waals surface area (Å²) in [6, 6.07) is 15.9. The number of hydrogen-bond donors (Lipinski definition) is 3. The van der Waals surface area contributed by atoms with Crippen LogP contribution in [-0.4, -0.2) is 25.3 Å². The molecule has 1 atom stereocenters. The average molecular weight is 430 g/mol. The number of aromatic amines is 1. The molecule has 164 valence electrons. The van der Waals surface area contributed by atoms with Crippen LogP contribution < -0.4 is 10.6 Å². The molecule has 0 bridgehead atoms. The van der Waals surface area contributed by atoms with Gasteiger partial charge in [0.05, 0.1) is 6.04 Å². The Bertz CT molecular complexity index is 1180. The van der Waals surface area contributed by atoms with Crippen molar-refractivity contribution in [3.05, 3.63) is 65.7 Å². The molecule has 1 fully saturated rings. The molecule has 4 aromatic rings. The van der Waals surface area contributed by atoms with E-state index in [1.165, 1.54) is 18.5 Å². The van der Waals surface area contributed by atoms with Gasteiger partial charge >= 0.3 is 0 Å². The van der Waals surface area contributed by atoms with Gasteiger partial charge in [-0.1, -0.05) is 48.8 Å². The predicted molar refractivity (Wildman–Crippen MR) is 124 cm³/mol. The Hall–Kier alpha value is -3.68. The monoisotopic (exact) mass is 429 g/mol. The molecule has 3 heterocycles. The summed E-state index contributed by atoms with van der Waals surface area (Å²) in [5.74, 6) is 3.41. The number of aromatic nitrogens is 5. The van der Waals surface area contributed by atoms with Crippen molar-refractivity contribution < 1.29 is 4.52 Å². The van der Waals surface area contributed by atoms with Crippen LogP contribution in [0.2, 0.25) is 0 Å². The van der Waals surface area contributed by atoms with Crippen molar-refractivity contribution in [2.75, 3.05) is 10.6 Å². The number of nitrogens with one attached hydrogen (secondary N) is 3. The number of benzene rings is 1. The minimum absolute atomic E-state index is 0.0773.